The van der Waals surface area contributed by atoms with Gasteiger partial charge in [-0.15, -0.1) is 0 Å². The van der Waals surface area contributed by atoms with Crippen molar-refractivity contribution in [3.8, 4) is 0 Å². The Balaban J connectivity index is 2.04. The van der Waals surface area contributed by atoms with Crippen molar-refractivity contribution in [1.29, 1.82) is 0 Å². The van der Waals surface area contributed by atoms with E-state index in [0.29, 0.717) is 0 Å². The summed E-state index contributed by atoms with van der Waals surface area (Å²) in [5, 5.41) is 0. The van der Waals surface area contributed by atoms with Crippen LogP contribution in [0, 0.1) is 11.8 Å². The van der Waals surface area contributed by atoms with Gasteiger partial charge in [0.15, 0.2) is 0 Å². The Morgan fingerprint density at radius 3 is 1.61 bits per heavy atom. The molecular formula is C16H32N2. The van der Waals surface area contributed by atoms with Gasteiger partial charge < -0.3 is 11.5 Å². The summed E-state index contributed by atoms with van der Waals surface area (Å²) in [7, 11) is 0. The third kappa shape index (κ3) is 3.27. The minimum atomic E-state index is 0.111. The Morgan fingerprint density at radius 2 is 1.22 bits per heavy atom. The highest BCUT2D eigenvalue weighted by molar-refractivity contribution is 4.98. The Hall–Kier alpha value is -0.0800. The van der Waals surface area contributed by atoms with E-state index in [2.05, 4.69) is 0 Å². The molecule has 0 unspecified atom stereocenters. The first kappa shape index (κ1) is 14.3. The molecule has 2 nitrogen and oxygen atoms in total. The summed E-state index contributed by atoms with van der Waals surface area (Å²) in [6.45, 7) is 0.804. The molecule has 2 heteroatoms. The fourth-order valence-electron chi connectivity index (χ4n) is 4.43. The number of hydrogen-bond donors (Lipinski definition) is 2. The molecule has 0 saturated heterocycles. The summed E-state index contributed by atoms with van der Waals surface area (Å²) in [5.41, 5.74) is 12.8. The van der Waals surface area contributed by atoms with Crippen molar-refractivity contribution in [2.24, 2.45) is 23.3 Å². The fraction of sp³-hybridized carbons (Fsp3) is 1.00. The maximum Gasteiger partial charge on any atom is 0.0211 e. The van der Waals surface area contributed by atoms with E-state index in [0.717, 1.165) is 24.8 Å². The molecule has 0 atom stereocenters. The molecular weight excluding hydrogens is 220 g/mol. The third-order valence-corrected chi connectivity index (χ3v) is 5.54. The lowest BCUT2D eigenvalue weighted by Gasteiger charge is -2.47. The zero-order valence-electron chi connectivity index (χ0n) is 12.0. The minimum absolute atomic E-state index is 0.111. The maximum atomic E-state index is 6.98. The second-order valence-corrected chi connectivity index (χ2v) is 6.67. The molecule has 18 heavy (non-hydrogen) atoms. The van der Waals surface area contributed by atoms with E-state index < -0.39 is 0 Å². The quantitative estimate of drug-likeness (QED) is 0.785. The standard InChI is InChI=1S/C16H32N2/c17-13-7-12-16(18,14-8-3-1-4-9-14)15-10-5-2-6-11-15/h14-15H,1-13,17-18H2. The molecule has 0 amide bonds. The Bertz CT molecular complexity index is 209. The van der Waals surface area contributed by atoms with Crippen LogP contribution in [0.5, 0.6) is 0 Å². The van der Waals surface area contributed by atoms with E-state index in [4.69, 9.17) is 11.5 Å². The molecule has 0 aromatic heterocycles. The van der Waals surface area contributed by atoms with Crippen LogP contribution in [0.3, 0.4) is 0 Å². The molecule has 0 aliphatic heterocycles. The van der Waals surface area contributed by atoms with Crippen LogP contribution in [-0.4, -0.2) is 12.1 Å². The molecule has 0 radical (unpaired) electrons. The van der Waals surface area contributed by atoms with Gasteiger partial charge >= 0.3 is 0 Å². The van der Waals surface area contributed by atoms with Gasteiger partial charge in [0.1, 0.15) is 0 Å². The zero-order valence-corrected chi connectivity index (χ0v) is 12.0. The molecule has 2 aliphatic rings. The molecule has 0 aromatic carbocycles. The van der Waals surface area contributed by atoms with Crippen molar-refractivity contribution in [1.82, 2.24) is 0 Å². The van der Waals surface area contributed by atoms with Crippen molar-refractivity contribution in [2.45, 2.75) is 82.6 Å². The lowest BCUT2D eigenvalue weighted by molar-refractivity contribution is 0.0953. The predicted molar refractivity (Wildman–Crippen MR) is 78.4 cm³/mol. The molecule has 2 saturated carbocycles. The van der Waals surface area contributed by atoms with Gasteiger partial charge in [-0.05, 0) is 56.9 Å². The summed E-state index contributed by atoms with van der Waals surface area (Å²) >= 11 is 0. The molecule has 0 spiro atoms. The van der Waals surface area contributed by atoms with Gasteiger partial charge in [0, 0.05) is 5.54 Å². The van der Waals surface area contributed by atoms with Crippen molar-refractivity contribution in [3.05, 3.63) is 0 Å². The van der Waals surface area contributed by atoms with E-state index in [9.17, 15) is 0 Å². The third-order valence-electron chi connectivity index (χ3n) is 5.54. The lowest BCUT2D eigenvalue weighted by Crippen LogP contribution is -2.54. The topological polar surface area (TPSA) is 52.0 Å². The largest absolute Gasteiger partial charge is 0.330 e. The summed E-state index contributed by atoms with van der Waals surface area (Å²) in [5.74, 6) is 1.56. The molecule has 4 N–H and O–H groups in total. The first-order valence-corrected chi connectivity index (χ1v) is 8.26. The molecule has 2 rings (SSSR count). The maximum absolute atomic E-state index is 6.98. The Kier molecular flexibility index (Phi) is 5.50. The van der Waals surface area contributed by atoms with Crippen LogP contribution in [0.1, 0.15) is 77.0 Å². The first-order valence-electron chi connectivity index (χ1n) is 8.26. The normalized spacial score (nSPS) is 24.3. The molecule has 2 aliphatic carbocycles. The van der Waals surface area contributed by atoms with Crippen LogP contribution in [0.2, 0.25) is 0 Å². The Labute approximate surface area is 113 Å². The summed E-state index contributed by atoms with van der Waals surface area (Å²) < 4.78 is 0. The molecule has 0 heterocycles. The molecule has 2 fully saturated rings. The number of rotatable bonds is 5. The highest BCUT2D eigenvalue weighted by atomic mass is 14.8. The van der Waals surface area contributed by atoms with Crippen LogP contribution in [0.15, 0.2) is 0 Å². The minimum Gasteiger partial charge on any atom is -0.330 e. The lowest BCUT2D eigenvalue weighted by atomic mass is 9.63. The van der Waals surface area contributed by atoms with Gasteiger partial charge in [0.25, 0.3) is 0 Å². The second-order valence-electron chi connectivity index (χ2n) is 6.67. The predicted octanol–water partition coefficient (Wildman–Crippen LogP) is 3.58. The molecule has 106 valence electrons. The molecule has 0 aromatic rings. The second kappa shape index (κ2) is 6.91. The van der Waals surface area contributed by atoms with Crippen LogP contribution < -0.4 is 11.5 Å². The van der Waals surface area contributed by atoms with E-state index in [-0.39, 0.29) is 5.54 Å². The summed E-state index contributed by atoms with van der Waals surface area (Å²) in [4.78, 5) is 0. The van der Waals surface area contributed by atoms with Crippen LogP contribution in [-0.2, 0) is 0 Å². The van der Waals surface area contributed by atoms with Gasteiger partial charge in [0.2, 0.25) is 0 Å². The van der Waals surface area contributed by atoms with Crippen molar-refractivity contribution in [2.75, 3.05) is 6.54 Å². The smallest absolute Gasteiger partial charge is 0.0211 e. The van der Waals surface area contributed by atoms with Crippen molar-refractivity contribution >= 4 is 0 Å². The monoisotopic (exact) mass is 252 g/mol. The van der Waals surface area contributed by atoms with Gasteiger partial charge in [-0.2, -0.15) is 0 Å². The Morgan fingerprint density at radius 1 is 0.778 bits per heavy atom. The number of nitrogens with two attached hydrogens (primary N) is 2. The highest BCUT2D eigenvalue weighted by Crippen LogP contribution is 2.43. The van der Waals surface area contributed by atoms with Gasteiger partial charge in [0.05, 0.1) is 0 Å². The van der Waals surface area contributed by atoms with Crippen LogP contribution >= 0.6 is 0 Å². The van der Waals surface area contributed by atoms with Gasteiger partial charge in [-0.3, -0.25) is 0 Å². The van der Waals surface area contributed by atoms with Gasteiger partial charge in [-0.1, -0.05) is 38.5 Å². The first-order chi connectivity index (χ1) is 8.77. The van der Waals surface area contributed by atoms with E-state index in [1.807, 2.05) is 0 Å². The zero-order chi connectivity index (χ0) is 12.8. The van der Waals surface area contributed by atoms with Crippen molar-refractivity contribution < 1.29 is 0 Å². The van der Waals surface area contributed by atoms with E-state index in [1.54, 1.807) is 0 Å². The van der Waals surface area contributed by atoms with Crippen LogP contribution in [0.25, 0.3) is 0 Å². The van der Waals surface area contributed by atoms with Gasteiger partial charge in [-0.25, -0.2) is 0 Å². The van der Waals surface area contributed by atoms with E-state index in [1.165, 1.54) is 70.6 Å². The SMILES string of the molecule is NCCCC(N)(C1CCCCC1)C1CCCCC1. The van der Waals surface area contributed by atoms with Crippen LogP contribution in [0.4, 0.5) is 0 Å². The number of hydrogen-bond acceptors (Lipinski definition) is 2. The average molecular weight is 252 g/mol. The van der Waals surface area contributed by atoms with E-state index >= 15 is 0 Å². The van der Waals surface area contributed by atoms with Crippen molar-refractivity contribution in [3.63, 3.8) is 0 Å². The summed E-state index contributed by atoms with van der Waals surface area (Å²) in [6, 6.07) is 0. The average Bonchev–Trinajstić information content (AvgIpc) is 2.46. The summed E-state index contributed by atoms with van der Waals surface area (Å²) in [6.07, 6.45) is 16.2. The molecule has 0 bridgehead atoms. The highest BCUT2D eigenvalue weighted by Gasteiger charge is 2.41. The fourth-order valence-corrected chi connectivity index (χ4v) is 4.43.